The molecule has 0 aliphatic carbocycles. The number of rotatable bonds is 2. The number of hydrogen-bond acceptors (Lipinski definition) is 1. The quantitative estimate of drug-likeness (QED) is 0.428. The van der Waals surface area contributed by atoms with Crippen molar-refractivity contribution in [2.75, 3.05) is 20.3 Å². The minimum Gasteiger partial charge on any atom is -0.311 e. The zero-order valence-corrected chi connectivity index (χ0v) is 7.79. The van der Waals surface area contributed by atoms with Gasteiger partial charge >= 0.3 is 0 Å². The van der Waals surface area contributed by atoms with Crippen molar-refractivity contribution in [2.24, 2.45) is 0 Å². The largest absolute Gasteiger partial charge is 0.311 e. The summed E-state index contributed by atoms with van der Waals surface area (Å²) in [5.74, 6) is 0. The van der Waals surface area contributed by atoms with Crippen LogP contribution in [0.4, 0.5) is 0 Å². The molecule has 0 atom stereocenters. The van der Waals surface area contributed by atoms with Gasteiger partial charge in [0.15, 0.2) is 7.38 Å². The average molecular weight is 152 g/mol. The molecule has 3 heteroatoms. The zero-order chi connectivity index (χ0) is 6.78. The molecule has 0 aromatic rings. The molecule has 0 saturated heterocycles. The summed E-state index contributed by atoms with van der Waals surface area (Å²) < 4.78 is 0. The third kappa shape index (κ3) is 6.47. The molecule has 0 bridgehead atoms. The molecule has 0 rings (SSSR count). The highest BCUT2D eigenvalue weighted by atomic mass is 35.6. The third-order valence-corrected chi connectivity index (χ3v) is 2.44. The first-order valence-corrected chi connectivity index (χ1v) is 6.97. The highest BCUT2D eigenvalue weighted by Gasteiger charge is 2.16. The first-order valence-electron chi connectivity index (χ1n) is 2.75. The summed E-state index contributed by atoms with van der Waals surface area (Å²) in [7, 11) is 2.78. The SMILES string of the molecule is CN(C)C[Si](C)(C)Cl. The molecule has 0 heterocycles. The average Bonchev–Trinajstić information content (AvgIpc) is 1.21. The van der Waals surface area contributed by atoms with Gasteiger partial charge in [-0.15, -0.1) is 0 Å². The van der Waals surface area contributed by atoms with E-state index in [0.717, 1.165) is 6.17 Å². The van der Waals surface area contributed by atoms with Gasteiger partial charge in [-0.1, -0.05) is 13.1 Å². The van der Waals surface area contributed by atoms with Crippen molar-refractivity contribution in [3.8, 4) is 0 Å². The molecule has 0 spiro atoms. The highest BCUT2D eigenvalue weighted by Crippen LogP contribution is 2.06. The Morgan fingerprint density at radius 2 is 1.75 bits per heavy atom. The molecule has 0 aliphatic rings. The standard InChI is InChI=1S/C5H14ClNSi/c1-7(2)5-8(3,4)6/h5H2,1-4H3. The van der Waals surface area contributed by atoms with Crippen molar-refractivity contribution < 1.29 is 0 Å². The summed E-state index contributed by atoms with van der Waals surface area (Å²) in [5, 5.41) is 0. The summed E-state index contributed by atoms with van der Waals surface area (Å²) in [4.78, 5) is 2.14. The fraction of sp³-hybridized carbons (Fsp3) is 1.00. The summed E-state index contributed by atoms with van der Waals surface area (Å²) in [6, 6.07) is 0. The summed E-state index contributed by atoms with van der Waals surface area (Å²) >= 11 is 6.03. The third-order valence-electron chi connectivity index (χ3n) is 0.692. The van der Waals surface area contributed by atoms with Gasteiger partial charge in [0.25, 0.3) is 0 Å². The van der Waals surface area contributed by atoms with E-state index in [2.05, 4.69) is 32.1 Å². The van der Waals surface area contributed by atoms with Crippen LogP contribution in [-0.2, 0) is 0 Å². The van der Waals surface area contributed by atoms with Gasteiger partial charge in [0.2, 0.25) is 0 Å². The highest BCUT2D eigenvalue weighted by molar-refractivity contribution is 7.19. The summed E-state index contributed by atoms with van der Waals surface area (Å²) in [6.45, 7) is 4.29. The van der Waals surface area contributed by atoms with Crippen LogP contribution < -0.4 is 0 Å². The molecule has 1 nitrogen and oxygen atoms in total. The van der Waals surface area contributed by atoms with Crippen molar-refractivity contribution in [2.45, 2.75) is 13.1 Å². The van der Waals surface area contributed by atoms with E-state index in [1.54, 1.807) is 0 Å². The predicted molar refractivity (Wildman–Crippen MR) is 41.9 cm³/mol. The molecule has 0 aromatic heterocycles. The lowest BCUT2D eigenvalue weighted by Crippen LogP contribution is -2.33. The van der Waals surface area contributed by atoms with Crippen LogP contribution >= 0.6 is 11.1 Å². The van der Waals surface area contributed by atoms with Crippen LogP contribution in [0.1, 0.15) is 0 Å². The topological polar surface area (TPSA) is 3.24 Å². The van der Waals surface area contributed by atoms with Crippen molar-refractivity contribution >= 4 is 18.5 Å². The van der Waals surface area contributed by atoms with Crippen LogP contribution in [0.15, 0.2) is 0 Å². The fourth-order valence-corrected chi connectivity index (χ4v) is 2.97. The van der Waals surface area contributed by atoms with Crippen molar-refractivity contribution in [1.82, 2.24) is 4.90 Å². The van der Waals surface area contributed by atoms with Crippen LogP contribution in [0.5, 0.6) is 0 Å². The molecule has 0 amide bonds. The maximum atomic E-state index is 6.03. The number of halogens is 1. The van der Waals surface area contributed by atoms with E-state index in [9.17, 15) is 0 Å². The Hall–Kier alpha value is 0.467. The Kier molecular flexibility index (Phi) is 3.02. The second kappa shape index (κ2) is 2.85. The van der Waals surface area contributed by atoms with Crippen LogP contribution in [-0.4, -0.2) is 32.5 Å². The maximum absolute atomic E-state index is 6.03. The van der Waals surface area contributed by atoms with Gasteiger partial charge in [-0.25, -0.2) is 0 Å². The summed E-state index contributed by atoms with van der Waals surface area (Å²) in [5.41, 5.74) is 0. The molecule has 0 aliphatic heterocycles. The zero-order valence-electron chi connectivity index (χ0n) is 6.03. The minimum atomic E-state index is -1.32. The fourth-order valence-electron chi connectivity index (χ4n) is 0.752. The lowest BCUT2D eigenvalue weighted by atomic mass is 11.0. The van der Waals surface area contributed by atoms with Gasteiger partial charge in [0.05, 0.1) is 0 Å². The monoisotopic (exact) mass is 151 g/mol. The van der Waals surface area contributed by atoms with Crippen LogP contribution in [0, 0.1) is 0 Å². The van der Waals surface area contributed by atoms with Gasteiger partial charge < -0.3 is 4.90 Å². The van der Waals surface area contributed by atoms with E-state index in [1.165, 1.54) is 0 Å². The lowest BCUT2D eigenvalue weighted by molar-refractivity contribution is 0.473. The van der Waals surface area contributed by atoms with Crippen molar-refractivity contribution in [3.05, 3.63) is 0 Å². The molecular formula is C5H14ClNSi. The lowest BCUT2D eigenvalue weighted by Gasteiger charge is -2.17. The molecule has 0 aromatic carbocycles. The Balaban J connectivity index is 3.39. The summed E-state index contributed by atoms with van der Waals surface area (Å²) in [6.07, 6.45) is 1.06. The van der Waals surface area contributed by atoms with E-state index in [1.807, 2.05) is 0 Å². The first kappa shape index (κ1) is 8.47. The van der Waals surface area contributed by atoms with E-state index in [0.29, 0.717) is 0 Å². The first-order chi connectivity index (χ1) is 3.42. The molecule has 0 unspecified atom stereocenters. The molecule has 0 saturated carbocycles. The molecular weight excluding hydrogens is 138 g/mol. The van der Waals surface area contributed by atoms with E-state index >= 15 is 0 Å². The smallest absolute Gasteiger partial charge is 0.164 e. The van der Waals surface area contributed by atoms with Gasteiger partial charge in [0.1, 0.15) is 0 Å². The molecule has 0 fully saturated rings. The minimum absolute atomic E-state index is 1.06. The Labute approximate surface area is 57.3 Å². The molecule has 8 heavy (non-hydrogen) atoms. The molecule has 0 radical (unpaired) electrons. The van der Waals surface area contributed by atoms with Crippen LogP contribution in [0.25, 0.3) is 0 Å². The number of hydrogen-bond donors (Lipinski definition) is 0. The van der Waals surface area contributed by atoms with E-state index in [4.69, 9.17) is 11.1 Å². The Morgan fingerprint density at radius 1 is 1.38 bits per heavy atom. The Bertz CT molecular complexity index is 67.3. The molecule has 50 valence electrons. The van der Waals surface area contributed by atoms with Gasteiger partial charge in [-0.05, 0) is 14.1 Å². The second-order valence-corrected chi connectivity index (χ2v) is 9.78. The van der Waals surface area contributed by atoms with E-state index < -0.39 is 7.38 Å². The Morgan fingerprint density at radius 3 is 1.75 bits per heavy atom. The van der Waals surface area contributed by atoms with Crippen molar-refractivity contribution in [1.29, 1.82) is 0 Å². The van der Waals surface area contributed by atoms with E-state index in [-0.39, 0.29) is 0 Å². The number of nitrogens with zero attached hydrogens (tertiary/aromatic N) is 1. The second-order valence-electron chi connectivity index (χ2n) is 2.96. The van der Waals surface area contributed by atoms with Gasteiger partial charge in [0, 0.05) is 6.17 Å². The normalized spacial score (nSPS) is 12.8. The van der Waals surface area contributed by atoms with Gasteiger partial charge in [-0.3, -0.25) is 0 Å². The van der Waals surface area contributed by atoms with Gasteiger partial charge in [-0.2, -0.15) is 11.1 Å². The van der Waals surface area contributed by atoms with Crippen molar-refractivity contribution in [3.63, 3.8) is 0 Å². The predicted octanol–water partition coefficient (Wildman–Crippen LogP) is 1.53. The molecule has 0 N–H and O–H groups in total. The van der Waals surface area contributed by atoms with Crippen LogP contribution in [0.2, 0.25) is 13.1 Å². The maximum Gasteiger partial charge on any atom is 0.164 e. The van der Waals surface area contributed by atoms with Crippen LogP contribution in [0.3, 0.4) is 0 Å².